The predicted molar refractivity (Wildman–Crippen MR) is 95.4 cm³/mol. The molecular weight excluding hydrogens is 341 g/mol. The fourth-order valence-corrected chi connectivity index (χ4v) is 4.10. The van der Waals surface area contributed by atoms with Gasteiger partial charge in [-0.1, -0.05) is 24.3 Å². The quantitative estimate of drug-likeness (QED) is 0.229. The normalized spacial score (nSPS) is 11.8. The van der Waals surface area contributed by atoms with E-state index in [1.54, 1.807) is 0 Å². The van der Waals surface area contributed by atoms with Crippen molar-refractivity contribution in [3.05, 3.63) is 59.4 Å². The van der Waals surface area contributed by atoms with Crippen molar-refractivity contribution >= 4 is 71.7 Å². The number of nitrogens with zero attached hydrogens (tertiary/aromatic N) is 1. The third-order valence-electron chi connectivity index (χ3n) is 3.56. The smallest absolute Gasteiger partial charge is 0.238 e. The fraction of sp³-hybridized carbons (Fsp3) is 0.0625. The van der Waals surface area contributed by atoms with E-state index in [-0.39, 0.29) is 0 Å². The molecule has 0 saturated carbocycles. The minimum Gasteiger partial charge on any atom is -0.238 e. The van der Waals surface area contributed by atoms with Gasteiger partial charge in [0.15, 0.2) is 5.69 Å². The summed E-state index contributed by atoms with van der Waals surface area (Å²) in [6.45, 7) is 9.15. The van der Waals surface area contributed by atoms with Crippen LogP contribution in [0.3, 0.4) is 0 Å². The van der Waals surface area contributed by atoms with Crippen molar-refractivity contribution in [3.63, 3.8) is 0 Å². The maximum Gasteiger partial charge on any atom is 0.372 e. The molecule has 5 heteroatoms. The minimum absolute atomic E-state index is 0.687. The molecule has 0 aliphatic heterocycles. The van der Waals surface area contributed by atoms with Crippen LogP contribution in [-0.2, 0) is 0 Å². The van der Waals surface area contributed by atoms with Crippen molar-refractivity contribution < 1.29 is 0 Å². The first-order chi connectivity index (χ1) is 9.88. The Morgan fingerprint density at radius 2 is 1.48 bits per heavy atom. The van der Waals surface area contributed by atoms with Gasteiger partial charge in [0.05, 0.1) is 6.57 Å². The van der Waals surface area contributed by atoms with Gasteiger partial charge < -0.3 is 0 Å². The number of benzene rings is 3. The van der Waals surface area contributed by atoms with E-state index in [1.165, 1.54) is 0 Å². The van der Waals surface area contributed by atoms with Crippen LogP contribution in [0, 0.1) is 13.5 Å². The summed E-state index contributed by atoms with van der Waals surface area (Å²) in [6.07, 6.45) is 0. The molecule has 0 radical (unpaired) electrons. The highest BCUT2D eigenvalue weighted by Gasteiger charge is 2.27. The Balaban J connectivity index is 2.31. The van der Waals surface area contributed by atoms with E-state index in [0.717, 1.165) is 32.3 Å². The zero-order chi connectivity index (χ0) is 15.2. The molecule has 0 aliphatic rings. The SMILES string of the molecule is [C-]#[N+]c1cc2cc3ccc([Si](Cl)(Cl)Cl)cc3cc2cc1C. The molecule has 0 saturated heterocycles. The second kappa shape index (κ2) is 5.19. The molecule has 3 aromatic rings. The van der Waals surface area contributed by atoms with Crippen LogP contribution in [-0.4, -0.2) is 6.00 Å². The van der Waals surface area contributed by atoms with Gasteiger partial charge in [0.2, 0.25) is 0 Å². The van der Waals surface area contributed by atoms with E-state index in [9.17, 15) is 0 Å². The topological polar surface area (TPSA) is 4.36 Å². The van der Waals surface area contributed by atoms with Gasteiger partial charge in [-0.25, -0.2) is 4.85 Å². The summed E-state index contributed by atoms with van der Waals surface area (Å²) < 4.78 is 0. The Hall–Kier alpha value is -1.24. The molecule has 104 valence electrons. The lowest BCUT2D eigenvalue weighted by atomic mass is 10.0. The van der Waals surface area contributed by atoms with Gasteiger partial charge in [0.1, 0.15) is 0 Å². The first kappa shape index (κ1) is 14.7. The summed E-state index contributed by atoms with van der Waals surface area (Å²) in [4.78, 5) is 3.55. The third-order valence-corrected chi connectivity index (χ3v) is 6.49. The predicted octanol–water partition coefficient (Wildman–Crippen LogP) is 5.71. The van der Waals surface area contributed by atoms with Gasteiger partial charge in [-0.3, -0.25) is 0 Å². The number of hydrogen-bond donors (Lipinski definition) is 0. The average molecular weight is 351 g/mol. The van der Waals surface area contributed by atoms with Crippen LogP contribution in [0.1, 0.15) is 5.56 Å². The highest BCUT2D eigenvalue weighted by molar-refractivity contribution is 7.69. The van der Waals surface area contributed by atoms with E-state index in [4.69, 9.17) is 39.8 Å². The maximum atomic E-state index is 7.21. The number of fused-ring (bicyclic) bond motifs is 2. The van der Waals surface area contributed by atoms with Crippen molar-refractivity contribution in [2.45, 2.75) is 6.92 Å². The van der Waals surface area contributed by atoms with Gasteiger partial charge >= 0.3 is 6.00 Å². The van der Waals surface area contributed by atoms with E-state index in [1.807, 2.05) is 37.3 Å². The molecule has 0 heterocycles. The number of halogens is 3. The van der Waals surface area contributed by atoms with Crippen molar-refractivity contribution in [2.75, 3.05) is 0 Å². The molecule has 1 nitrogen and oxygen atoms in total. The van der Waals surface area contributed by atoms with Gasteiger partial charge in [-0.2, -0.15) is 0 Å². The molecular formula is C16H10Cl3NSi. The van der Waals surface area contributed by atoms with Crippen LogP contribution < -0.4 is 5.19 Å². The number of aryl methyl sites for hydroxylation is 1. The monoisotopic (exact) mass is 349 g/mol. The van der Waals surface area contributed by atoms with Crippen LogP contribution >= 0.6 is 33.2 Å². The summed E-state index contributed by atoms with van der Waals surface area (Å²) in [5.41, 5.74) is 1.66. The lowest BCUT2D eigenvalue weighted by molar-refractivity contribution is 1.52. The molecule has 0 atom stereocenters. The second-order valence-corrected chi connectivity index (χ2v) is 13.4. The molecule has 0 spiro atoms. The molecule has 3 aromatic carbocycles. The zero-order valence-corrected chi connectivity index (χ0v) is 14.4. The van der Waals surface area contributed by atoms with E-state index in [0.29, 0.717) is 5.69 Å². The van der Waals surface area contributed by atoms with Crippen LogP contribution in [0.5, 0.6) is 0 Å². The molecule has 0 aromatic heterocycles. The Labute approximate surface area is 138 Å². The summed E-state index contributed by atoms with van der Waals surface area (Å²) >= 11 is 18.2. The third kappa shape index (κ3) is 2.75. The summed E-state index contributed by atoms with van der Waals surface area (Å²) in [5, 5.41) is 5.06. The lowest BCUT2D eigenvalue weighted by Crippen LogP contribution is -2.29. The zero-order valence-electron chi connectivity index (χ0n) is 11.1. The van der Waals surface area contributed by atoms with E-state index < -0.39 is 6.00 Å². The van der Waals surface area contributed by atoms with Crippen LogP contribution in [0.25, 0.3) is 26.4 Å². The first-order valence-electron chi connectivity index (χ1n) is 6.31. The van der Waals surface area contributed by atoms with Crippen LogP contribution in [0.15, 0.2) is 42.5 Å². The Bertz CT molecular complexity index is 907. The Kier molecular flexibility index (Phi) is 3.63. The van der Waals surface area contributed by atoms with Crippen molar-refractivity contribution in [1.29, 1.82) is 0 Å². The molecule has 0 aliphatic carbocycles. The van der Waals surface area contributed by atoms with Crippen molar-refractivity contribution in [1.82, 2.24) is 0 Å². The molecule has 0 unspecified atom stereocenters. The van der Waals surface area contributed by atoms with Gasteiger partial charge in [-0.05, 0) is 57.4 Å². The highest BCUT2D eigenvalue weighted by atomic mass is 35.8. The van der Waals surface area contributed by atoms with Gasteiger partial charge in [0.25, 0.3) is 0 Å². The molecule has 0 fully saturated rings. The van der Waals surface area contributed by atoms with Crippen LogP contribution in [0.4, 0.5) is 5.69 Å². The van der Waals surface area contributed by atoms with Gasteiger partial charge in [0, 0.05) is 0 Å². The molecule has 0 amide bonds. The fourth-order valence-electron chi connectivity index (χ4n) is 2.45. The highest BCUT2D eigenvalue weighted by Crippen LogP contribution is 2.30. The lowest BCUT2D eigenvalue weighted by Gasteiger charge is -2.10. The largest absolute Gasteiger partial charge is 0.372 e. The summed E-state index contributed by atoms with van der Waals surface area (Å²) in [6, 6.07) is 11.0. The molecule has 0 N–H and O–H groups in total. The minimum atomic E-state index is -2.87. The van der Waals surface area contributed by atoms with Gasteiger partial charge in [-0.15, -0.1) is 33.2 Å². The molecule has 3 rings (SSSR count). The maximum absolute atomic E-state index is 7.21. The number of hydrogen-bond acceptors (Lipinski definition) is 0. The van der Waals surface area contributed by atoms with Crippen LogP contribution in [0.2, 0.25) is 0 Å². The van der Waals surface area contributed by atoms with E-state index >= 15 is 0 Å². The summed E-state index contributed by atoms with van der Waals surface area (Å²) in [7, 11) is 0. The van der Waals surface area contributed by atoms with E-state index in [2.05, 4.69) is 17.0 Å². The second-order valence-electron chi connectivity index (χ2n) is 5.01. The molecule has 0 bridgehead atoms. The average Bonchev–Trinajstić information content (AvgIpc) is 2.43. The number of rotatable bonds is 1. The first-order valence-corrected chi connectivity index (χ1v) is 11.3. The molecule has 21 heavy (non-hydrogen) atoms. The Morgan fingerprint density at radius 3 is 2.14 bits per heavy atom. The summed E-state index contributed by atoms with van der Waals surface area (Å²) in [5.74, 6) is 0. The van der Waals surface area contributed by atoms with Crippen molar-refractivity contribution in [2.24, 2.45) is 0 Å². The standard InChI is InChI=1S/C16H10Cl3NSi/c1-10-5-12-7-13-8-15(21(17,18)19)4-3-11(13)6-14(12)9-16(10)20-2/h3-9H,1H3. The van der Waals surface area contributed by atoms with Crippen molar-refractivity contribution in [3.8, 4) is 0 Å². The Morgan fingerprint density at radius 1 is 0.857 bits per heavy atom.